The molecule has 1 fully saturated rings. The van der Waals surface area contributed by atoms with Gasteiger partial charge in [-0.25, -0.2) is 0 Å². The number of Topliss-reactive ketones (excluding diaryl/α,β-unsaturated/α-hetero) is 1. The van der Waals surface area contributed by atoms with Crippen molar-refractivity contribution in [3.8, 4) is 11.5 Å². The van der Waals surface area contributed by atoms with Gasteiger partial charge in [-0.3, -0.25) is 4.79 Å². The summed E-state index contributed by atoms with van der Waals surface area (Å²) in [5, 5.41) is 3.13. The lowest BCUT2D eigenvalue weighted by molar-refractivity contribution is 0.0891. The highest BCUT2D eigenvalue weighted by Crippen LogP contribution is 2.32. The summed E-state index contributed by atoms with van der Waals surface area (Å²) in [6, 6.07) is 5.44. The van der Waals surface area contributed by atoms with Gasteiger partial charge in [-0.15, -0.1) is 0 Å². The number of fused-ring (bicyclic) bond motifs is 1. The van der Waals surface area contributed by atoms with E-state index in [1.54, 1.807) is 18.2 Å². The maximum absolute atomic E-state index is 12.5. The van der Waals surface area contributed by atoms with Crippen LogP contribution in [0, 0.1) is 5.92 Å². The fourth-order valence-electron chi connectivity index (χ4n) is 2.51. The molecule has 5 nitrogen and oxygen atoms in total. The van der Waals surface area contributed by atoms with Crippen LogP contribution in [0.5, 0.6) is 11.5 Å². The van der Waals surface area contributed by atoms with Crippen molar-refractivity contribution < 1.29 is 19.0 Å². The van der Waals surface area contributed by atoms with E-state index in [9.17, 15) is 4.79 Å². The molecular formula is C14H17NO4. The lowest BCUT2D eigenvalue weighted by Crippen LogP contribution is -2.37. The largest absolute Gasteiger partial charge is 0.486 e. The minimum absolute atomic E-state index is 0.0840. The predicted molar refractivity (Wildman–Crippen MR) is 68.9 cm³/mol. The van der Waals surface area contributed by atoms with Crippen molar-refractivity contribution in [2.75, 3.05) is 33.5 Å². The summed E-state index contributed by atoms with van der Waals surface area (Å²) in [6.07, 6.45) is 0. The van der Waals surface area contributed by atoms with E-state index >= 15 is 0 Å². The van der Waals surface area contributed by atoms with Gasteiger partial charge in [-0.05, 0) is 25.2 Å². The van der Waals surface area contributed by atoms with Crippen LogP contribution in [0.3, 0.4) is 0 Å². The van der Waals surface area contributed by atoms with Crippen molar-refractivity contribution in [2.24, 2.45) is 5.92 Å². The van der Waals surface area contributed by atoms with Gasteiger partial charge in [0.25, 0.3) is 0 Å². The summed E-state index contributed by atoms with van der Waals surface area (Å²) in [5.41, 5.74) is 0.653. The molecule has 0 aliphatic carbocycles. The van der Waals surface area contributed by atoms with E-state index in [0.29, 0.717) is 43.5 Å². The van der Waals surface area contributed by atoms with Gasteiger partial charge in [-0.1, -0.05) is 0 Å². The van der Waals surface area contributed by atoms with Gasteiger partial charge in [0.05, 0.1) is 19.1 Å². The second kappa shape index (κ2) is 5.19. The molecule has 5 heteroatoms. The zero-order valence-corrected chi connectivity index (χ0v) is 10.8. The molecule has 2 atom stereocenters. The van der Waals surface area contributed by atoms with Crippen LogP contribution in [0.15, 0.2) is 18.2 Å². The zero-order chi connectivity index (χ0) is 13.2. The molecule has 1 N–H and O–H groups in total. The highest BCUT2D eigenvalue weighted by molar-refractivity contribution is 5.99. The second-order valence-electron chi connectivity index (χ2n) is 4.76. The number of rotatable bonds is 3. The van der Waals surface area contributed by atoms with Gasteiger partial charge in [0.15, 0.2) is 17.3 Å². The molecule has 0 aromatic heterocycles. The van der Waals surface area contributed by atoms with Crippen LogP contribution in [-0.4, -0.2) is 45.3 Å². The highest BCUT2D eigenvalue weighted by atomic mass is 16.6. The Balaban J connectivity index is 1.83. The Morgan fingerprint density at radius 1 is 1.21 bits per heavy atom. The summed E-state index contributed by atoms with van der Waals surface area (Å²) in [6.45, 7) is 2.13. The third kappa shape index (κ3) is 2.31. The Kier molecular flexibility index (Phi) is 3.40. The van der Waals surface area contributed by atoms with Gasteiger partial charge < -0.3 is 19.5 Å². The molecular weight excluding hydrogens is 246 g/mol. The molecule has 19 heavy (non-hydrogen) atoms. The van der Waals surface area contributed by atoms with Gasteiger partial charge in [0.1, 0.15) is 13.2 Å². The van der Waals surface area contributed by atoms with E-state index < -0.39 is 0 Å². The topological polar surface area (TPSA) is 56.8 Å². The van der Waals surface area contributed by atoms with Gasteiger partial charge in [-0.2, -0.15) is 0 Å². The first-order valence-corrected chi connectivity index (χ1v) is 6.48. The minimum atomic E-state index is -0.132. The van der Waals surface area contributed by atoms with E-state index in [4.69, 9.17) is 14.2 Å². The smallest absolute Gasteiger partial charge is 0.170 e. The number of ether oxygens (including phenoxy) is 3. The van der Waals surface area contributed by atoms with Gasteiger partial charge in [0, 0.05) is 11.6 Å². The molecule has 1 saturated heterocycles. The molecule has 0 radical (unpaired) electrons. The minimum Gasteiger partial charge on any atom is -0.486 e. The summed E-state index contributed by atoms with van der Waals surface area (Å²) in [5.74, 6) is 1.31. The molecule has 2 heterocycles. The molecule has 0 saturated carbocycles. The van der Waals surface area contributed by atoms with E-state index in [1.807, 2.05) is 7.05 Å². The molecule has 2 aliphatic rings. The van der Waals surface area contributed by atoms with Crippen LogP contribution >= 0.6 is 0 Å². The first-order chi connectivity index (χ1) is 9.29. The Labute approximate surface area is 111 Å². The Bertz CT molecular complexity index is 488. The Morgan fingerprint density at radius 2 is 2.00 bits per heavy atom. The Hall–Kier alpha value is -1.59. The van der Waals surface area contributed by atoms with Crippen LogP contribution in [0.4, 0.5) is 0 Å². The standard InChI is InChI=1S/C14H17NO4/c1-15-11-8-17-7-10(11)14(16)9-2-3-12-13(6-9)19-5-4-18-12/h2-3,6,10-11,15H,4-5,7-8H2,1H3. The molecule has 3 rings (SSSR count). The van der Waals surface area contributed by atoms with Crippen molar-refractivity contribution in [2.45, 2.75) is 6.04 Å². The second-order valence-corrected chi connectivity index (χ2v) is 4.76. The third-order valence-electron chi connectivity index (χ3n) is 3.61. The van der Waals surface area contributed by atoms with E-state index in [-0.39, 0.29) is 17.7 Å². The van der Waals surface area contributed by atoms with E-state index in [0.717, 1.165) is 0 Å². The lowest BCUT2D eigenvalue weighted by Gasteiger charge is -2.20. The van der Waals surface area contributed by atoms with Crippen molar-refractivity contribution in [1.82, 2.24) is 5.32 Å². The Morgan fingerprint density at radius 3 is 2.79 bits per heavy atom. The van der Waals surface area contributed by atoms with Crippen LogP contribution in [0.2, 0.25) is 0 Å². The number of nitrogens with one attached hydrogen (secondary N) is 1. The van der Waals surface area contributed by atoms with Crippen molar-refractivity contribution in [3.63, 3.8) is 0 Å². The average Bonchev–Trinajstić information content (AvgIpc) is 2.94. The van der Waals surface area contributed by atoms with Gasteiger partial charge >= 0.3 is 0 Å². The number of carbonyl (C=O) groups excluding carboxylic acids is 1. The number of hydrogen-bond acceptors (Lipinski definition) is 5. The first kappa shape index (κ1) is 12.4. The fraction of sp³-hybridized carbons (Fsp3) is 0.500. The van der Waals surface area contributed by atoms with E-state index in [1.165, 1.54) is 0 Å². The number of ketones is 1. The fourth-order valence-corrected chi connectivity index (χ4v) is 2.51. The molecule has 102 valence electrons. The number of likely N-dealkylation sites (N-methyl/N-ethyl adjacent to an activating group) is 1. The third-order valence-corrected chi connectivity index (χ3v) is 3.61. The normalized spacial score (nSPS) is 25.3. The predicted octanol–water partition coefficient (Wildman–Crippen LogP) is 0.875. The summed E-state index contributed by atoms with van der Waals surface area (Å²) in [7, 11) is 1.85. The van der Waals surface area contributed by atoms with Gasteiger partial charge in [0.2, 0.25) is 0 Å². The molecule has 0 bridgehead atoms. The quantitative estimate of drug-likeness (QED) is 0.820. The van der Waals surface area contributed by atoms with Crippen molar-refractivity contribution >= 4 is 5.78 Å². The van der Waals surface area contributed by atoms with E-state index in [2.05, 4.69) is 5.32 Å². The molecule has 1 aromatic carbocycles. The van der Waals surface area contributed by atoms with Crippen molar-refractivity contribution in [1.29, 1.82) is 0 Å². The highest BCUT2D eigenvalue weighted by Gasteiger charge is 2.33. The molecule has 0 spiro atoms. The molecule has 2 unspecified atom stereocenters. The van der Waals surface area contributed by atoms with Crippen LogP contribution < -0.4 is 14.8 Å². The maximum Gasteiger partial charge on any atom is 0.170 e. The lowest BCUT2D eigenvalue weighted by atomic mass is 9.93. The maximum atomic E-state index is 12.5. The number of benzene rings is 1. The number of carbonyl (C=O) groups is 1. The monoisotopic (exact) mass is 263 g/mol. The average molecular weight is 263 g/mol. The van der Waals surface area contributed by atoms with Crippen LogP contribution in [0.1, 0.15) is 10.4 Å². The molecule has 2 aliphatic heterocycles. The zero-order valence-electron chi connectivity index (χ0n) is 10.8. The van der Waals surface area contributed by atoms with Crippen molar-refractivity contribution in [3.05, 3.63) is 23.8 Å². The summed E-state index contributed by atoms with van der Waals surface area (Å²) < 4.78 is 16.3. The molecule has 0 amide bonds. The van der Waals surface area contributed by atoms with Crippen LogP contribution in [0.25, 0.3) is 0 Å². The number of hydrogen-bond donors (Lipinski definition) is 1. The SMILES string of the molecule is CNC1COCC1C(=O)c1ccc2c(c1)OCCO2. The summed E-state index contributed by atoms with van der Waals surface area (Å²) >= 11 is 0. The summed E-state index contributed by atoms with van der Waals surface area (Å²) in [4.78, 5) is 12.5. The first-order valence-electron chi connectivity index (χ1n) is 6.48. The molecule has 1 aromatic rings. The van der Waals surface area contributed by atoms with Crippen LogP contribution in [-0.2, 0) is 4.74 Å².